The predicted molar refractivity (Wildman–Crippen MR) is 134 cm³/mol. The summed E-state index contributed by atoms with van der Waals surface area (Å²) >= 11 is 0. The van der Waals surface area contributed by atoms with Crippen molar-refractivity contribution in [3.8, 4) is 0 Å². The van der Waals surface area contributed by atoms with Crippen LogP contribution in [0.1, 0.15) is 43.2 Å². The minimum Gasteiger partial charge on any atom is -0.381 e. The predicted octanol–water partition coefficient (Wildman–Crippen LogP) is 2.93. The molecule has 2 aliphatic heterocycles. The maximum Gasteiger partial charge on any atom is 0.222 e. The van der Waals surface area contributed by atoms with E-state index in [0.717, 1.165) is 71.2 Å². The molecule has 1 amide bonds. The second-order valence-corrected chi connectivity index (χ2v) is 8.08. The summed E-state index contributed by atoms with van der Waals surface area (Å²) in [4.78, 5) is 18.1. The average molecular weight is 544 g/mol. The number of carbonyl (C=O) groups excluding carboxylic acids is 1. The van der Waals surface area contributed by atoms with Gasteiger partial charge in [-0.2, -0.15) is 0 Å². The molecule has 8 heteroatoms. The summed E-state index contributed by atoms with van der Waals surface area (Å²) in [5.74, 6) is 1.71. The van der Waals surface area contributed by atoms with Crippen molar-refractivity contribution >= 4 is 35.8 Å². The van der Waals surface area contributed by atoms with Crippen LogP contribution in [0, 0.1) is 5.92 Å². The van der Waals surface area contributed by atoms with Crippen molar-refractivity contribution in [2.75, 3.05) is 46.6 Å². The normalized spacial score (nSPS) is 17.5. The Morgan fingerprint density at radius 2 is 2.06 bits per heavy atom. The summed E-state index contributed by atoms with van der Waals surface area (Å²) in [5.41, 5.74) is 2.36. The molecule has 2 aliphatic rings. The second-order valence-electron chi connectivity index (χ2n) is 8.08. The van der Waals surface area contributed by atoms with E-state index in [9.17, 15) is 4.79 Å². The molecular weight excluding hydrogens is 507 g/mol. The van der Waals surface area contributed by atoms with E-state index < -0.39 is 0 Å². The molecular formula is C23H37IN4O3. The Kier molecular flexibility index (Phi) is 12.2. The number of benzene rings is 1. The van der Waals surface area contributed by atoms with Gasteiger partial charge in [0.1, 0.15) is 0 Å². The number of ether oxygens (including phenoxy) is 2. The standard InChI is InChI=1S/C23H36N4O3.HI/c1-24-23(25-10-4-12-30-18-19-8-13-29-14-9-19)26-16-20-5-2-6-21(15-20)17-27-11-3-7-22(27)28;/h2,5-6,15,19H,3-4,7-14,16-18H2,1H3,(H2,24,25,26);1H. The Bertz CT molecular complexity index is 695. The first-order valence-electron chi connectivity index (χ1n) is 11.2. The third kappa shape index (κ3) is 9.33. The van der Waals surface area contributed by atoms with E-state index in [1.165, 1.54) is 11.1 Å². The average Bonchev–Trinajstić information content (AvgIpc) is 3.18. The Morgan fingerprint density at radius 1 is 1.26 bits per heavy atom. The molecule has 31 heavy (non-hydrogen) atoms. The van der Waals surface area contributed by atoms with E-state index >= 15 is 0 Å². The molecule has 1 aromatic rings. The van der Waals surface area contributed by atoms with Gasteiger partial charge in [0.25, 0.3) is 0 Å². The molecule has 2 fully saturated rings. The van der Waals surface area contributed by atoms with Crippen molar-refractivity contribution in [3.63, 3.8) is 0 Å². The molecule has 2 saturated heterocycles. The van der Waals surface area contributed by atoms with Crippen molar-refractivity contribution in [1.82, 2.24) is 15.5 Å². The molecule has 0 unspecified atom stereocenters. The van der Waals surface area contributed by atoms with E-state index in [-0.39, 0.29) is 29.9 Å². The zero-order chi connectivity index (χ0) is 21.0. The summed E-state index contributed by atoms with van der Waals surface area (Å²) in [5, 5.41) is 6.70. The number of amides is 1. The highest BCUT2D eigenvalue weighted by Crippen LogP contribution is 2.16. The topological polar surface area (TPSA) is 75.2 Å². The molecule has 0 spiro atoms. The largest absolute Gasteiger partial charge is 0.381 e. The van der Waals surface area contributed by atoms with Gasteiger partial charge in [-0.15, -0.1) is 24.0 Å². The van der Waals surface area contributed by atoms with Gasteiger partial charge in [0, 0.05) is 66.1 Å². The van der Waals surface area contributed by atoms with Gasteiger partial charge < -0.3 is 25.0 Å². The lowest BCUT2D eigenvalue weighted by Gasteiger charge is -2.21. The summed E-state index contributed by atoms with van der Waals surface area (Å²) in [7, 11) is 1.78. The highest BCUT2D eigenvalue weighted by Gasteiger charge is 2.20. The molecule has 0 bridgehead atoms. The van der Waals surface area contributed by atoms with Crippen molar-refractivity contribution < 1.29 is 14.3 Å². The first kappa shape index (κ1) is 25.9. The van der Waals surface area contributed by atoms with E-state index in [4.69, 9.17) is 9.47 Å². The van der Waals surface area contributed by atoms with Gasteiger partial charge >= 0.3 is 0 Å². The number of aliphatic imine (C=N–C) groups is 1. The Morgan fingerprint density at radius 3 is 2.81 bits per heavy atom. The van der Waals surface area contributed by atoms with Crippen LogP contribution in [0.4, 0.5) is 0 Å². The molecule has 0 aliphatic carbocycles. The fraction of sp³-hybridized carbons (Fsp3) is 0.652. The minimum atomic E-state index is 0. The molecule has 1 aromatic carbocycles. The van der Waals surface area contributed by atoms with Crippen LogP contribution in [0.15, 0.2) is 29.3 Å². The first-order chi connectivity index (χ1) is 14.7. The molecule has 0 saturated carbocycles. The molecule has 2 N–H and O–H groups in total. The maximum atomic E-state index is 11.8. The Balaban J connectivity index is 0.00000341. The minimum absolute atomic E-state index is 0. The van der Waals surface area contributed by atoms with Crippen LogP contribution in [0.25, 0.3) is 0 Å². The molecule has 174 valence electrons. The molecule has 7 nitrogen and oxygen atoms in total. The van der Waals surface area contributed by atoms with Crippen LogP contribution in [0.2, 0.25) is 0 Å². The van der Waals surface area contributed by atoms with Gasteiger partial charge in [0.2, 0.25) is 5.91 Å². The van der Waals surface area contributed by atoms with Crippen LogP contribution < -0.4 is 10.6 Å². The van der Waals surface area contributed by atoms with Gasteiger partial charge in [-0.25, -0.2) is 0 Å². The number of carbonyl (C=O) groups is 1. The van der Waals surface area contributed by atoms with Crippen molar-refractivity contribution in [1.29, 1.82) is 0 Å². The number of hydrogen-bond acceptors (Lipinski definition) is 4. The fourth-order valence-corrected chi connectivity index (χ4v) is 3.88. The number of likely N-dealkylation sites (tertiary alicyclic amines) is 1. The highest BCUT2D eigenvalue weighted by molar-refractivity contribution is 14.0. The quantitative estimate of drug-likeness (QED) is 0.205. The van der Waals surface area contributed by atoms with Crippen molar-refractivity contribution in [2.24, 2.45) is 10.9 Å². The number of hydrogen-bond donors (Lipinski definition) is 2. The summed E-state index contributed by atoms with van der Waals surface area (Å²) in [6.07, 6.45) is 4.84. The molecule has 0 radical (unpaired) electrons. The van der Waals surface area contributed by atoms with Crippen molar-refractivity contribution in [3.05, 3.63) is 35.4 Å². The summed E-state index contributed by atoms with van der Waals surface area (Å²) < 4.78 is 11.2. The van der Waals surface area contributed by atoms with Gasteiger partial charge in [0.05, 0.1) is 0 Å². The van der Waals surface area contributed by atoms with E-state index in [2.05, 4.69) is 39.9 Å². The Hall–Kier alpha value is -1.39. The zero-order valence-electron chi connectivity index (χ0n) is 18.6. The van der Waals surface area contributed by atoms with Crippen LogP contribution >= 0.6 is 24.0 Å². The third-order valence-electron chi connectivity index (χ3n) is 5.67. The molecule has 0 aromatic heterocycles. The van der Waals surface area contributed by atoms with E-state index in [1.807, 2.05) is 4.90 Å². The molecule has 3 rings (SSSR count). The lowest BCUT2D eigenvalue weighted by Crippen LogP contribution is -2.37. The lowest BCUT2D eigenvalue weighted by atomic mass is 10.0. The smallest absolute Gasteiger partial charge is 0.222 e. The fourth-order valence-electron chi connectivity index (χ4n) is 3.88. The number of rotatable bonds is 10. The van der Waals surface area contributed by atoms with Gasteiger partial charge in [-0.1, -0.05) is 24.3 Å². The van der Waals surface area contributed by atoms with Crippen LogP contribution in [-0.4, -0.2) is 63.3 Å². The number of nitrogens with one attached hydrogen (secondary N) is 2. The summed E-state index contributed by atoms with van der Waals surface area (Å²) in [6.45, 7) is 6.44. The van der Waals surface area contributed by atoms with E-state index in [0.29, 0.717) is 25.4 Å². The SMILES string of the molecule is CN=C(NCCCOCC1CCOCC1)NCc1cccc(CN2CCCC2=O)c1.I. The van der Waals surface area contributed by atoms with Crippen LogP contribution in [0.5, 0.6) is 0 Å². The van der Waals surface area contributed by atoms with Gasteiger partial charge in [-0.05, 0) is 42.7 Å². The van der Waals surface area contributed by atoms with Gasteiger partial charge in [0.15, 0.2) is 5.96 Å². The number of guanidine groups is 1. The van der Waals surface area contributed by atoms with Crippen molar-refractivity contribution in [2.45, 2.75) is 45.2 Å². The van der Waals surface area contributed by atoms with Gasteiger partial charge in [-0.3, -0.25) is 9.79 Å². The lowest BCUT2D eigenvalue weighted by molar-refractivity contribution is -0.128. The first-order valence-corrected chi connectivity index (χ1v) is 11.2. The Labute approximate surface area is 203 Å². The monoisotopic (exact) mass is 544 g/mol. The number of halogens is 1. The second kappa shape index (κ2) is 14.6. The molecule has 0 atom stereocenters. The highest BCUT2D eigenvalue weighted by atomic mass is 127. The van der Waals surface area contributed by atoms with Crippen LogP contribution in [-0.2, 0) is 27.4 Å². The third-order valence-corrected chi connectivity index (χ3v) is 5.67. The molecule has 2 heterocycles. The maximum absolute atomic E-state index is 11.8. The zero-order valence-corrected chi connectivity index (χ0v) is 20.9. The summed E-state index contributed by atoms with van der Waals surface area (Å²) in [6, 6.07) is 8.40. The van der Waals surface area contributed by atoms with E-state index in [1.54, 1.807) is 7.05 Å². The van der Waals surface area contributed by atoms with Crippen LogP contribution in [0.3, 0.4) is 0 Å². The number of nitrogens with zero attached hydrogens (tertiary/aromatic N) is 2.